The molecule has 0 heterocycles. The molecule has 0 saturated heterocycles. The Hall–Kier alpha value is -2.38. The molecule has 7 heteroatoms. The van der Waals surface area contributed by atoms with E-state index >= 15 is 0 Å². The average Bonchev–Trinajstić information content (AvgIpc) is 2.71. The Labute approximate surface area is 180 Å². The average molecular weight is 433 g/mol. The minimum Gasteiger partial charge on any atom is -0.495 e. The molecule has 0 aromatic heterocycles. The van der Waals surface area contributed by atoms with E-state index in [2.05, 4.69) is 36.0 Å². The van der Waals surface area contributed by atoms with Crippen LogP contribution in [0, 0.1) is 5.92 Å². The Balaban J connectivity index is 2.35. The number of nitrogens with one attached hydrogen (secondary N) is 2. The van der Waals surface area contributed by atoms with Gasteiger partial charge < -0.3 is 10.1 Å². The lowest BCUT2D eigenvalue weighted by atomic mass is 9.93. The van der Waals surface area contributed by atoms with E-state index in [0.717, 1.165) is 12.0 Å². The molecule has 2 unspecified atom stereocenters. The number of methoxy groups -OCH3 is 1. The zero-order valence-electron chi connectivity index (χ0n) is 18.5. The highest BCUT2D eigenvalue weighted by molar-refractivity contribution is 7.89. The first-order valence-corrected chi connectivity index (χ1v) is 11.6. The lowest BCUT2D eigenvalue weighted by Gasteiger charge is -2.24. The van der Waals surface area contributed by atoms with E-state index in [1.165, 1.54) is 37.8 Å². The second-order valence-corrected chi connectivity index (χ2v) is 9.58. The number of rotatable bonds is 9. The van der Waals surface area contributed by atoms with Crippen molar-refractivity contribution in [3.05, 3.63) is 53.6 Å². The molecule has 0 fully saturated rings. The smallest absolute Gasteiger partial charge is 0.241 e. The quantitative estimate of drug-likeness (QED) is 0.594. The number of hydrogen-bond donors (Lipinski definition) is 2. The molecular formula is C23H32N2O4S. The summed E-state index contributed by atoms with van der Waals surface area (Å²) in [5.74, 6) is 0.587. The van der Waals surface area contributed by atoms with Gasteiger partial charge in [-0.1, -0.05) is 52.0 Å². The zero-order valence-corrected chi connectivity index (χ0v) is 19.3. The van der Waals surface area contributed by atoms with Gasteiger partial charge in [-0.25, -0.2) is 13.1 Å². The van der Waals surface area contributed by atoms with Gasteiger partial charge in [0.1, 0.15) is 5.75 Å². The fourth-order valence-electron chi connectivity index (χ4n) is 3.23. The first-order chi connectivity index (χ1) is 14.1. The molecule has 2 aromatic rings. The van der Waals surface area contributed by atoms with Crippen LogP contribution in [0.15, 0.2) is 47.4 Å². The van der Waals surface area contributed by atoms with Crippen molar-refractivity contribution in [3.63, 3.8) is 0 Å². The molecule has 6 nitrogen and oxygen atoms in total. The SMILES string of the molecule is CCC(C)c1ccc(C(NS(=O)(=O)c2ccc(OC)c(NC(C)=O)c2)C(C)C)cc1. The van der Waals surface area contributed by atoms with Crippen molar-refractivity contribution in [3.8, 4) is 5.75 Å². The molecule has 2 aromatic carbocycles. The Morgan fingerprint density at radius 1 is 1.03 bits per heavy atom. The predicted octanol–water partition coefficient (Wildman–Crippen LogP) is 4.84. The van der Waals surface area contributed by atoms with Crippen molar-refractivity contribution in [1.29, 1.82) is 0 Å². The van der Waals surface area contributed by atoms with Crippen molar-refractivity contribution in [2.75, 3.05) is 12.4 Å². The van der Waals surface area contributed by atoms with Crippen LogP contribution in [0.25, 0.3) is 0 Å². The number of anilines is 1. The van der Waals surface area contributed by atoms with E-state index in [4.69, 9.17) is 4.74 Å². The number of hydrogen-bond acceptors (Lipinski definition) is 4. The van der Waals surface area contributed by atoms with Gasteiger partial charge in [-0.15, -0.1) is 0 Å². The van der Waals surface area contributed by atoms with Crippen molar-refractivity contribution in [2.24, 2.45) is 5.92 Å². The van der Waals surface area contributed by atoms with E-state index in [0.29, 0.717) is 17.4 Å². The van der Waals surface area contributed by atoms with Crippen molar-refractivity contribution in [2.45, 2.75) is 57.9 Å². The minimum absolute atomic E-state index is 0.0438. The molecule has 0 radical (unpaired) electrons. The third kappa shape index (κ3) is 5.83. The highest BCUT2D eigenvalue weighted by Gasteiger charge is 2.25. The summed E-state index contributed by atoms with van der Waals surface area (Å²) >= 11 is 0. The fraction of sp³-hybridized carbons (Fsp3) is 0.435. The van der Waals surface area contributed by atoms with E-state index in [1.54, 1.807) is 0 Å². The molecule has 0 aliphatic heterocycles. The maximum absolute atomic E-state index is 13.1. The number of amides is 1. The normalized spacial score (nSPS) is 13.7. The van der Waals surface area contributed by atoms with Crippen LogP contribution in [0.3, 0.4) is 0 Å². The number of carbonyl (C=O) groups excluding carboxylic acids is 1. The molecule has 0 bridgehead atoms. The van der Waals surface area contributed by atoms with Crippen LogP contribution in [-0.2, 0) is 14.8 Å². The maximum atomic E-state index is 13.1. The molecule has 2 rings (SSSR count). The summed E-state index contributed by atoms with van der Waals surface area (Å²) in [5.41, 5.74) is 2.46. The second-order valence-electron chi connectivity index (χ2n) is 7.86. The van der Waals surface area contributed by atoms with E-state index in [9.17, 15) is 13.2 Å². The molecular weight excluding hydrogens is 400 g/mol. The van der Waals surface area contributed by atoms with Gasteiger partial charge in [-0.2, -0.15) is 0 Å². The lowest BCUT2D eigenvalue weighted by Crippen LogP contribution is -2.32. The molecule has 30 heavy (non-hydrogen) atoms. The van der Waals surface area contributed by atoms with Crippen LogP contribution in [0.4, 0.5) is 5.69 Å². The Kier molecular flexibility index (Phi) is 8.03. The van der Waals surface area contributed by atoms with Crippen LogP contribution in [0.1, 0.15) is 64.1 Å². The third-order valence-electron chi connectivity index (χ3n) is 5.22. The lowest BCUT2D eigenvalue weighted by molar-refractivity contribution is -0.114. The van der Waals surface area contributed by atoms with Gasteiger partial charge in [0.15, 0.2) is 0 Å². The first kappa shape index (κ1) is 23.9. The maximum Gasteiger partial charge on any atom is 0.241 e. The zero-order chi connectivity index (χ0) is 22.5. The molecule has 0 aliphatic carbocycles. The monoisotopic (exact) mass is 432 g/mol. The highest BCUT2D eigenvalue weighted by Crippen LogP contribution is 2.30. The largest absolute Gasteiger partial charge is 0.495 e. The molecule has 0 saturated carbocycles. The standard InChI is InChI=1S/C23H32N2O4S/c1-7-16(4)18-8-10-19(11-9-18)23(15(2)3)25-30(27,28)20-12-13-22(29-6)21(14-20)24-17(5)26/h8-16,23,25H,7H2,1-6H3,(H,24,26). The van der Waals surface area contributed by atoms with Crippen LogP contribution >= 0.6 is 0 Å². The van der Waals surface area contributed by atoms with E-state index in [-0.39, 0.29) is 22.8 Å². The first-order valence-electron chi connectivity index (χ1n) is 10.2. The number of benzene rings is 2. The summed E-state index contributed by atoms with van der Waals surface area (Å²) in [6.07, 6.45) is 1.05. The summed E-state index contributed by atoms with van der Waals surface area (Å²) in [6, 6.07) is 12.1. The van der Waals surface area contributed by atoms with Crippen molar-refractivity contribution < 1.29 is 17.9 Å². The van der Waals surface area contributed by atoms with Gasteiger partial charge in [-0.3, -0.25) is 4.79 Å². The molecule has 0 spiro atoms. The van der Waals surface area contributed by atoms with Crippen LogP contribution in [0.2, 0.25) is 0 Å². The molecule has 0 aliphatic rings. The Bertz CT molecular complexity index is 969. The topological polar surface area (TPSA) is 84.5 Å². The van der Waals surface area contributed by atoms with Gasteiger partial charge in [0, 0.05) is 13.0 Å². The summed E-state index contributed by atoms with van der Waals surface area (Å²) in [6.45, 7) is 9.64. The van der Waals surface area contributed by atoms with Gasteiger partial charge in [-0.05, 0) is 47.6 Å². The Morgan fingerprint density at radius 2 is 1.63 bits per heavy atom. The van der Waals surface area contributed by atoms with Gasteiger partial charge in [0.05, 0.1) is 17.7 Å². The van der Waals surface area contributed by atoms with Crippen molar-refractivity contribution in [1.82, 2.24) is 4.72 Å². The molecule has 2 N–H and O–H groups in total. The molecule has 164 valence electrons. The third-order valence-corrected chi connectivity index (χ3v) is 6.66. The summed E-state index contributed by atoms with van der Waals surface area (Å²) < 4.78 is 34.3. The minimum atomic E-state index is -3.82. The number of ether oxygens (including phenoxy) is 1. The Morgan fingerprint density at radius 3 is 2.13 bits per heavy atom. The van der Waals surface area contributed by atoms with Gasteiger partial charge in [0.25, 0.3) is 0 Å². The highest BCUT2D eigenvalue weighted by atomic mass is 32.2. The predicted molar refractivity (Wildman–Crippen MR) is 120 cm³/mol. The van der Waals surface area contributed by atoms with Gasteiger partial charge in [0.2, 0.25) is 15.9 Å². The van der Waals surface area contributed by atoms with Crippen LogP contribution in [-0.4, -0.2) is 21.4 Å². The fourth-order valence-corrected chi connectivity index (χ4v) is 4.63. The molecule has 1 amide bonds. The molecule has 2 atom stereocenters. The summed E-state index contributed by atoms with van der Waals surface area (Å²) in [4.78, 5) is 11.5. The van der Waals surface area contributed by atoms with Crippen molar-refractivity contribution >= 4 is 21.6 Å². The van der Waals surface area contributed by atoms with Crippen LogP contribution in [0.5, 0.6) is 5.75 Å². The number of sulfonamides is 1. The number of carbonyl (C=O) groups is 1. The summed E-state index contributed by atoms with van der Waals surface area (Å²) in [7, 11) is -2.36. The van der Waals surface area contributed by atoms with Crippen LogP contribution < -0.4 is 14.8 Å². The van der Waals surface area contributed by atoms with E-state index < -0.39 is 10.0 Å². The summed E-state index contributed by atoms with van der Waals surface area (Å²) in [5, 5.41) is 2.61. The second kappa shape index (κ2) is 10.1. The van der Waals surface area contributed by atoms with E-state index in [1.807, 2.05) is 26.0 Å². The van der Waals surface area contributed by atoms with Gasteiger partial charge >= 0.3 is 0 Å².